The fourth-order valence-corrected chi connectivity index (χ4v) is 2.07. The Bertz CT molecular complexity index is 172. The second-order valence-electron chi connectivity index (χ2n) is 4.67. The lowest BCUT2D eigenvalue weighted by molar-refractivity contribution is 0.0360. The maximum atomic E-state index is 5.33. The summed E-state index contributed by atoms with van der Waals surface area (Å²) in [6.45, 7) is 10.3. The van der Waals surface area contributed by atoms with Crippen LogP contribution in [0.5, 0.6) is 0 Å². The molecule has 1 saturated heterocycles. The van der Waals surface area contributed by atoms with Crippen LogP contribution in [0.1, 0.15) is 20.3 Å². The largest absolute Gasteiger partial charge is 0.383 e. The summed E-state index contributed by atoms with van der Waals surface area (Å²) >= 11 is 0. The molecule has 0 spiro atoms. The molecule has 0 saturated carbocycles. The zero-order valence-electron chi connectivity index (χ0n) is 10.9. The molecule has 1 heterocycles. The predicted molar refractivity (Wildman–Crippen MR) is 65.8 cm³/mol. The van der Waals surface area contributed by atoms with Gasteiger partial charge in [0.15, 0.2) is 0 Å². The van der Waals surface area contributed by atoms with E-state index in [0.717, 1.165) is 39.5 Å². The van der Waals surface area contributed by atoms with E-state index in [4.69, 9.17) is 9.47 Å². The third-order valence-corrected chi connectivity index (χ3v) is 2.97. The first-order valence-corrected chi connectivity index (χ1v) is 6.27. The van der Waals surface area contributed by atoms with Gasteiger partial charge in [-0.1, -0.05) is 0 Å². The highest BCUT2D eigenvalue weighted by Crippen LogP contribution is 2.01. The summed E-state index contributed by atoms with van der Waals surface area (Å²) in [5.74, 6) is 0. The van der Waals surface area contributed by atoms with Gasteiger partial charge in [0, 0.05) is 32.3 Å². The van der Waals surface area contributed by atoms with Crippen molar-refractivity contribution >= 4 is 0 Å². The van der Waals surface area contributed by atoms with Gasteiger partial charge in [-0.05, 0) is 26.8 Å². The van der Waals surface area contributed by atoms with Crippen LogP contribution >= 0.6 is 0 Å². The highest BCUT2D eigenvalue weighted by atomic mass is 16.5. The highest BCUT2D eigenvalue weighted by Gasteiger charge is 2.12. The second kappa shape index (κ2) is 8.01. The molecule has 0 bridgehead atoms. The van der Waals surface area contributed by atoms with Gasteiger partial charge in [-0.25, -0.2) is 0 Å². The first-order chi connectivity index (χ1) is 7.72. The molecule has 1 fully saturated rings. The minimum atomic E-state index is 0.435. The summed E-state index contributed by atoms with van der Waals surface area (Å²) in [5.41, 5.74) is 0. The molecule has 4 heteroatoms. The molecule has 16 heavy (non-hydrogen) atoms. The van der Waals surface area contributed by atoms with Gasteiger partial charge >= 0.3 is 0 Å². The fourth-order valence-electron chi connectivity index (χ4n) is 2.07. The minimum Gasteiger partial charge on any atom is -0.383 e. The maximum Gasteiger partial charge on any atom is 0.0613 e. The van der Waals surface area contributed by atoms with Gasteiger partial charge in [-0.3, -0.25) is 4.90 Å². The molecule has 96 valence electrons. The van der Waals surface area contributed by atoms with Crippen molar-refractivity contribution in [3.8, 4) is 0 Å². The van der Waals surface area contributed by atoms with E-state index in [1.807, 2.05) is 0 Å². The molecule has 1 aliphatic rings. The van der Waals surface area contributed by atoms with Crippen molar-refractivity contribution in [2.75, 3.05) is 46.6 Å². The number of morpholine rings is 1. The van der Waals surface area contributed by atoms with Crippen LogP contribution in [0.2, 0.25) is 0 Å². The van der Waals surface area contributed by atoms with E-state index in [1.165, 1.54) is 6.42 Å². The number of ether oxygens (including phenoxy) is 2. The summed E-state index contributed by atoms with van der Waals surface area (Å²) in [6.07, 6.45) is 1.19. The number of rotatable bonds is 7. The lowest BCUT2D eigenvalue weighted by atomic mass is 10.2. The van der Waals surface area contributed by atoms with E-state index in [-0.39, 0.29) is 0 Å². The first kappa shape index (κ1) is 13.9. The molecule has 0 aliphatic carbocycles. The molecule has 1 N–H and O–H groups in total. The number of hydrogen-bond donors (Lipinski definition) is 1. The minimum absolute atomic E-state index is 0.435. The Labute approximate surface area is 99.3 Å². The van der Waals surface area contributed by atoms with E-state index in [2.05, 4.69) is 24.1 Å². The van der Waals surface area contributed by atoms with Crippen LogP contribution < -0.4 is 5.32 Å². The summed E-state index contributed by atoms with van der Waals surface area (Å²) in [7, 11) is 1.75. The van der Waals surface area contributed by atoms with E-state index >= 15 is 0 Å². The number of methoxy groups -OCH3 is 1. The molecule has 0 radical (unpaired) electrons. The molecule has 1 rings (SSSR count). The normalized spacial score (nSPS) is 21.9. The quantitative estimate of drug-likeness (QED) is 0.699. The smallest absolute Gasteiger partial charge is 0.0613 e. The maximum absolute atomic E-state index is 5.33. The van der Waals surface area contributed by atoms with Crippen molar-refractivity contribution in [1.82, 2.24) is 10.2 Å². The van der Waals surface area contributed by atoms with Crippen LogP contribution in [-0.2, 0) is 9.47 Å². The molecular weight excluding hydrogens is 204 g/mol. The Hall–Kier alpha value is -0.160. The van der Waals surface area contributed by atoms with Crippen molar-refractivity contribution in [2.24, 2.45) is 0 Å². The molecule has 2 unspecified atom stereocenters. The molecule has 1 aliphatic heterocycles. The lowest BCUT2D eigenvalue weighted by Gasteiger charge is -2.28. The Morgan fingerprint density at radius 1 is 1.25 bits per heavy atom. The molecular formula is C12H26N2O2. The van der Waals surface area contributed by atoms with E-state index in [9.17, 15) is 0 Å². The van der Waals surface area contributed by atoms with Gasteiger partial charge in [0.05, 0.1) is 19.8 Å². The number of nitrogens with zero attached hydrogens (tertiary/aromatic N) is 1. The zero-order valence-corrected chi connectivity index (χ0v) is 10.9. The Kier molecular flexibility index (Phi) is 6.96. The lowest BCUT2D eigenvalue weighted by Crippen LogP contribution is -2.42. The molecule has 0 amide bonds. The van der Waals surface area contributed by atoms with Crippen molar-refractivity contribution in [3.63, 3.8) is 0 Å². The first-order valence-electron chi connectivity index (χ1n) is 6.27. The van der Waals surface area contributed by atoms with Crippen molar-refractivity contribution < 1.29 is 9.47 Å². The van der Waals surface area contributed by atoms with E-state index in [0.29, 0.717) is 12.1 Å². The molecule has 0 aromatic heterocycles. The Morgan fingerprint density at radius 2 is 1.94 bits per heavy atom. The monoisotopic (exact) mass is 230 g/mol. The van der Waals surface area contributed by atoms with Crippen LogP contribution in [0.15, 0.2) is 0 Å². The van der Waals surface area contributed by atoms with E-state index in [1.54, 1.807) is 7.11 Å². The zero-order chi connectivity index (χ0) is 11.8. The van der Waals surface area contributed by atoms with Crippen molar-refractivity contribution in [2.45, 2.75) is 32.4 Å². The molecule has 0 aromatic carbocycles. The molecule has 0 aromatic rings. The number of hydrogen-bond acceptors (Lipinski definition) is 4. The van der Waals surface area contributed by atoms with Crippen molar-refractivity contribution in [1.29, 1.82) is 0 Å². The van der Waals surface area contributed by atoms with Gasteiger partial charge in [-0.15, -0.1) is 0 Å². The third kappa shape index (κ3) is 5.80. The number of nitrogens with one attached hydrogen (secondary N) is 1. The standard InChI is InChI=1S/C12H26N2O2/c1-11(13-12(2)10-15-3)4-5-14-6-8-16-9-7-14/h11-13H,4-10H2,1-3H3. The fraction of sp³-hybridized carbons (Fsp3) is 1.00. The van der Waals surface area contributed by atoms with Gasteiger partial charge < -0.3 is 14.8 Å². The summed E-state index contributed by atoms with van der Waals surface area (Å²) < 4.78 is 10.4. The van der Waals surface area contributed by atoms with Crippen LogP contribution in [0.3, 0.4) is 0 Å². The average Bonchev–Trinajstić information content (AvgIpc) is 2.28. The van der Waals surface area contributed by atoms with Crippen molar-refractivity contribution in [3.05, 3.63) is 0 Å². The van der Waals surface area contributed by atoms with Crippen LogP contribution in [0.25, 0.3) is 0 Å². The van der Waals surface area contributed by atoms with Gasteiger partial charge in [0.25, 0.3) is 0 Å². The highest BCUT2D eigenvalue weighted by molar-refractivity contribution is 4.70. The summed E-state index contributed by atoms with van der Waals surface area (Å²) in [4.78, 5) is 2.47. The Morgan fingerprint density at radius 3 is 2.56 bits per heavy atom. The van der Waals surface area contributed by atoms with Crippen LogP contribution in [-0.4, -0.2) is 63.5 Å². The second-order valence-corrected chi connectivity index (χ2v) is 4.67. The third-order valence-electron chi connectivity index (χ3n) is 2.97. The van der Waals surface area contributed by atoms with E-state index < -0.39 is 0 Å². The molecule has 4 nitrogen and oxygen atoms in total. The topological polar surface area (TPSA) is 33.7 Å². The molecule has 2 atom stereocenters. The van der Waals surface area contributed by atoms with Crippen LogP contribution in [0, 0.1) is 0 Å². The van der Waals surface area contributed by atoms with Gasteiger partial charge in [0.1, 0.15) is 0 Å². The van der Waals surface area contributed by atoms with Crippen LogP contribution in [0.4, 0.5) is 0 Å². The summed E-state index contributed by atoms with van der Waals surface area (Å²) in [5, 5.41) is 3.54. The van der Waals surface area contributed by atoms with Gasteiger partial charge in [0.2, 0.25) is 0 Å². The average molecular weight is 230 g/mol. The Balaban J connectivity index is 2.06. The SMILES string of the molecule is COCC(C)NC(C)CCN1CCOCC1. The van der Waals surface area contributed by atoms with Gasteiger partial charge in [-0.2, -0.15) is 0 Å². The summed E-state index contributed by atoms with van der Waals surface area (Å²) in [6, 6.07) is 0.984. The predicted octanol–water partition coefficient (Wildman–Crippen LogP) is 0.722.